The Labute approximate surface area is 142 Å². The van der Waals surface area contributed by atoms with Crippen LogP contribution in [0.2, 0.25) is 0 Å². The first-order chi connectivity index (χ1) is 11.6. The highest BCUT2D eigenvalue weighted by molar-refractivity contribution is 7.08. The van der Waals surface area contributed by atoms with Gasteiger partial charge in [-0.05, 0) is 11.4 Å². The molecule has 0 spiro atoms. The Kier molecular flexibility index (Phi) is 5.21. The number of ether oxygens (including phenoxy) is 1. The van der Waals surface area contributed by atoms with Crippen molar-refractivity contribution >= 4 is 23.2 Å². The number of aromatic nitrogens is 2. The number of morpholine rings is 1. The molecule has 128 valence electrons. The Balaban J connectivity index is 1.51. The fourth-order valence-electron chi connectivity index (χ4n) is 2.50. The number of rotatable bonds is 6. The monoisotopic (exact) mass is 351 g/mol. The fraction of sp³-hybridized carbons (Fsp3) is 0.467. The van der Waals surface area contributed by atoms with Gasteiger partial charge in [-0.3, -0.25) is 9.59 Å². The molecule has 2 aromatic rings. The van der Waals surface area contributed by atoms with Crippen LogP contribution in [0.4, 0.5) is 0 Å². The van der Waals surface area contributed by atoms with Gasteiger partial charge in [-0.25, -0.2) is 0 Å². The smallest absolute Gasteiger partial charge is 0.306 e. The fourth-order valence-corrected chi connectivity index (χ4v) is 3.14. The van der Waals surface area contributed by atoms with Crippen LogP contribution in [0.1, 0.15) is 18.7 Å². The molecule has 24 heavy (non-hydrogen) atoms. The number of carboxylic acids is 1. The van der Waals surface area contributed by atoms with E-state index in [0.29, 0.717) is 37.8 Å². The van der Waals surface area contributed by atoms with Crippen molar-refractivity contribution in [3.8, 4) is 11.4 Å². The van der Waals surface area contributed by atoms with Crippen LogP contribution in [-0.2, 0) is 20.7 Å². The van der Waals surface area contributed by atoms with E-state index in [0.717, 1.165) is 5.56 Å². The van der Waals surface area contributed by atoms with E-state index >= 15 is 0 Å². The zero-order valence-corrected chi connectivity index (χ0v) is 13.7. The van der Waals surface area contributed by atoms with Crippen LogP contribution >= 0.6 is 11.3 Å². The maximum atomic E-state index is 12.3. The summed E-state index contributed by atoms with van der Waals surface area (Å²) in [5, 5.41) is 16.6. The molecule has 1 amide bonds. The summed E-state index contributed by atoms with van der Waals surface area (Å²) in [6.07, 6.45) is 0.0492. The lowest BCUT2D eigenvalue weighted by Crippen LogP contribution is -2.46. The van der Waals surface area contributed by atoms with Crippen molar-refractivity contribution in [2.24, 2.45) is 0 Å². The van der Waals surface area contributed by atoms with Gasteiger partial charge in [0.25, 0.3) is 0 Å². The molecule has 0 aliphatic carbocycles. The largest absolute Gasteiger partial charge is 0.481 e. The predicted octanol–water partition coefficient (Wildman–Crippen LogP) is 1.43. The van der Waals surface area contributed by atoms with E-state index in [2.05, 4.69) is 10.1 Å². The summed E-state index contributed by atoms with van der Waals surface area (Å²) in [5.41, 5.74) is 0.894. The number of hydrogen-bond acceptors (Lipinski definition) is 7. The minimum Gasteiger partial charge on any atom is -0.481 e. The summed E-state index contributed by atoms with van der Waals surface area (Å²) in [6.45, 7) is 1.13. The summed E-state index contributed by atoms with van der Waals surface area (Å²) in [5.74, 6) is -0.0587. The Bertz CT molecular complexity index is 700. The van der Waals surface area contributed by atoms with Crippen LogP contribution in [0.25, 0.3) is 11.4 Å². The zero-order chi connectivity index (χ0) is 16.9. The summed E-state index contributed by atoms with van der Waals surface area (Å²) < 4.78 is 10.5. The molecule has 0 saturated carbocycles. The molecule has 3 rings (SSSR count). The third kappa shape index (κ3) is 4.18. The second kappa shape index (κ2) is 7.54. The maximum Gasteiger partial charge on any atom is 0.306 e. The van der Waals surface area contributed by atoms with E-state index in [-0.39, 0.29) is 18.7 Å². The van der Waals surface area contributed by atoms with Crippen molar-refractivity contribution in [1.82, 2.24) is 15.0 Å². The highest BCUT2D eigenvalue weighted by Crippen LogP contribution is 2.19. The highest BCUT2D eigenvalue weighted by atomic mass is 32.1. The van der Waals surface area contributed by atoms with Gasteiger partial charge in [-0.15, -0.1) is 0 Å². The Hall–Kier alpha value is -2.26. The van der Waals surface area contributed by atoms with E-state index in [4.69, 9.17) is 14.4 Å². The molecule has 1 atom stereocenters. The number of nitrogens with zero attached hydrogens (tertiary/aromatic N) is 3. The number of carbonyl (C=O) groups excluding carboxylic acids is 1. The number of carboxylic acid groups (broad SMARTS) is 1. The Morgan fingerprint density at radius 2 is 2.33 bits per heavy atom. The summed E-state index contributed by atoms with van der Waals surface area (Å²) in [6, 6.07) is 1.90. The second-order valence-electron chi connectivity index (χ2n) is 5.45. The quantitative estimate of drug-likeness (QED) is 0.839. The van der Waals surface area contributed by atoms with Crippen LogP contribution in [0.5, 0.6) is 0 Å². The molecule has 1 saturated heterocycles. The first-order valence-electron chi connectivity index (χ1n) is 7.58. The third-order valence-electron chi connectivity index (χ3n) is 3.69. The van der Waals surface area contributed by atoms with Crippen molar-refractivity contribution in [3.05, 3.63) is 22.7 Å². The second-order valence-corrected chi connectivity index (χ2v) is 6.23. The van der Waals surface area contributed by atoms with E-state index in [1.165, 1.54) is 0 Å². The van der Waals surface area contributed by atoms with Crippen LogP contribution in [0, 0.1) is 0 Å². The highest BCUT2D eigenvalue weighted by Gasteiger charge is 2.26. The number of carbonyl (C=O) groups is 2. The van der Waals surface area contributed by atoms with Gasteiger partial charge in [-0.1, -0.05) is 5.16 Å². The molecule has 1 N–H and O–H groups in total. The van der Waals surface area contributed by atoms with E-state index in [9.17, 15) is 9.59 Å². The lowest BCUT2D eigenvalue weighted by atomic mass is 10.2. The van der Waals surface area contributed by atoms with Gasteiger partial charge in [0.05, 0.1) is 19.1 Å². The minimum absolute atomic E-state index is 0.0658. The molecule has 8 nitrogen and oxygen atoms in total. The Morgan fingerprint density at radius 3 is 3.08 bits per heavy atom. The predicted molar refractivity (Wildman–Crippen MR) is 84.5 cm³/mol. The van der Waals surface area contributed by atoms with Gasteiger partial charge in [0.15, 0.2) is 0 Å². The summed E-state index contributed by atoms with van der Waals surface area (Å²) >= 11 is 1.55. The van der Waals surface area contributed by atoms with Crippen molar-refractivity contribution in [2.45, 2.75) is 25.4 Å². The van der Waals surface area contributed by atoms with Crippen molar-refractivity contribution < 1.29 is 24.0 Å². The molecule has 0 aromatic carbocycles. The van der Waals surface area contributed by atoms with Gasteiger partial charge in [-0.2, -0.15) is 16.3 Å². The molecule has 3 heterocycles. The first kappa shape index (κ1) is 16.6. The van der Waals surface area contributed by atoms with Crippen molar-refractivity contribution in [1.29, 1.82) is 0 Å². The van der Waals surface area contributed by atoms with Gasteiger partial charge in [0.1, 0.15) is 0 Å². The number of aryl methyl sites for hydroxylation is 1. The third-order valence-corrected chi connectivity index (χ3v) is 4.38. The average Bonchev–Trinajstić information content (AvgIpc) is 3.23. The first-order valence-corrected chi connectivity index (χ1v) is 8.52. The topological polar surface area (TPSA) is 106 Å². The summed E-state index contributed by atoms with van der Waals surface area (Å²) in [4.78, 5) is 28.9. The lowest BCUT2D eigenvalue weighted by Gasteiger charge is -2.32. The van der Waals surface area contributed by atoms with E-state index in [1.807, 2.05) is 16.8 Å². The molecule has 9 heteroatoms. The van der Waals surface area contributed by atoms with Gasteiger partial charge in [0.2, 0.25) is 17.6 Å². The van der Waals surface area contributed by atoms with Crippen LogP contribution < -0.4 is 0 Å². The van der Waals surface area contributed by atoms with Gasteiger partial charge < -0.3 is 19.3 Å². The van der Waals surface area contributed by atoms with E-state index < -0.39 is 12.1 Å². The number of thiophene rings is 1. The van der Waals surface area contributed by atoms with Gasteiger partial charge in [0, 0.05) is 36.9 Å². The molecular formula is C15H17N3O5S. The van der Waals surface area contributed by atoms with E-state index in [1.54, 1.807) is 16.2 Å². The van der Waals surface area contributed by atoms with Crippen LogP contribution in [0.3, 0.4) is 0 Å². The number of amides is 1. The normalized spacial score (nSPS) is 17.8. The van der Waals surface area contributed by atoms with Crippen molar-refractivity contribution in [3.63, 3.8) is 0 Å². The van der Waals surface area contributed by atoms with Gasteiger partial charge >= 0.3 is 5.97 Å². The molecular weight excluding hydrogens is 334 g/mol. The SMILES string of the molecule is O=C(O)C[C@H]1CN(C(=O)CCc2nc(-c3ccsc3)no2)CCO1. The molecule has 1 fully saturated rings. The molecule has 0 radical (unpaired) electrons. The maximum absolute atomic E-state index is 12.3. The Morgan fingerprint density at radius 1 is 1.46 bits per heavy atom. The number of hydrogen-bond donors (Lipinski definition) is 1. The molecule has 1 aliphatic heterocycles. The summed E-state index contributed by atoms with van der Waals surface area (Å²) in [7, 11) is 0. The zero-order valence-electron chi connectivity index (χ0n) is 12.9. The minimum atomic E-state index is -0.930. The molecule has 0 bridgehead atoms. The molecule has 2 aromatic heterocycles. The van der Waals surface area contributed by atoms with Crippen molar-refractivity contribution in [2.75, 3.05) is 19.7 Å². The van der Waals surface area contributed by atoms with Crippen LogP contribution in [0.15, 0.2) is 21.3 Å². The molecule has 0 unspecified atom stereocenters. The number of aliphatic carboxylic acids is 1. The molecule has 1 aliphatic rings. The average molecular weight is 351 g/mol. The lowest BCUT2D eigenvalue weighted by molar-refractivity contribution is -0.147. The van der Waals surface area contributed by atoms with Crippen LogP contribution in [-0.4, -0.2) is 57.8 Å². The standard InChI is InChI=1S/C15H17N3O5S/c19-13(18-4-5-22-11(8-18)7-14(20)21)2-1-12-16-15(17-23-12)10-3-6-24-9-10/h3,6,9,11H,1-2,4-5,7-8H2,(H,20,21)/t11-/m0/s1.